The minimum Gasteiger partial charge on any atom is -0.0863 e. The molecule has 1 aliphatic rings. The number of thioether (sulfide) groups is 1. The molecule has 17 heavy (non-hydrogen) atoms. The Kier molecular flexibility index (Phi) is 5.94. The number of hydrogen-bond acceptors (Lipinski definition) is 1. The van der Waals surface area contributed by atoms with Crippen LogP contribution in [0.25, 0.3) is 0 Å². The second kappa shape index (κ2) is 7.25. The Balaban J connectivity index is 2.58. The van der Waals surface area contributed by atoms with E-state index in [1.54, 1.807) is 11.8 Å². The molecule has 1 rings (SSSR count). The third kappa shape index (κ3) is 5.15. The zero-order valence-corrected chi connectivity index (χ0v) is 11.8. The monoisotopic (exact) mass is 244 g/mol. The summed E-state index contributed by atoms with van der Waals surface area (Å²) in [6, 6.07) is 0. The van der Waals surface area contributed by atoms with E-state index in [1.165, 1.54) is 16.1 Å². The van der Waals surface area contributed by atoms with E-state index in [0.29, 0.717) is 0 Å². The fourth-order valence-corrected chi connectivity index (χ4v) is 2.20. The minimum atomic E-state index is 0.937. The molecule has 0 heterocycles. The van der Waals surface area contributed by atoms with Gasteiger partial charge in [0.15, 0.2) is 0 Å². The maximum absolute atomic E-state index is 4.00. The highest BCUT2D eigenvalue weighted by Crippen LogP contribution is 2.26. The van der Waals surface area contributed by atoms with Crippen molar-refractivity contribution in [2.75, 3.05) is 0 Å². The van der Waals surface area contributed by atoms with E-state index in [2.05, 4.69) is 57.4 Å². The summed E-state index contributed by atoms with van der Waals surface area (Å²) in [4.78, 5) is 2.27. The Bertz CT molecular complexity index is 436. The van der Waals surface area contributed by atoms with E-state index in [4.69, 9.17) is 0 Å². The van der Waals surface area contributed by atoms with Crippen LogP contribution in [0, 0.1) is 11.8 Å². The first-order chi connectivity index (χ1) is 8.15. The predicted molar refractivity (Wildman–Crippen MR) is 79.6 cm³/mol. The summed E-state index contributed by atoms with van der Waals surface area (Å²) in [5, 5.41) is 0. The smallest absolute Gasteiger partial charge is 0.0549 e. The summed E-state index contributed by atoms with van der Waals surface area (Å²) in [7, 11) is 0. The van der Waals surface area contributed by atoms with Crippen LogP contribution in [-0.2, 0) is 0 Å². The fourth-order valence-electron chi connectivity index (χ4n) is 1.51. The van der Waals surface area contributed by atoms with Gasteiger partial charge in [-0.2, -0.15) is 0 Å². The molecule has 0 spiro atoms. The summed E-state index contributed by atoms with van der Waals surface area (Å²) in [6.07, 6.45) is 9.66. The molecule has 0 bridgehead atoms. The van der Waals surface area contributed by atoms with Crippen LogP contribution in [0.4, 0.5) is 0 Å². The summed E-state index contributed by atoms with van der Waals surface area (Å²) in [6.45, 7) is 10.4. The number of hydrogen-bond donors (Lipinski definition) is 0. The molecule has 0 nitrogen and oxygen atoms in total. The molecule has 0 aromatic heterocycles. The van der Waals surface area contributed by atoms with Crippen molar-refractivity contribution >= 4 is 11.8 Å². The Labute approximate surface area is 110 Å². The van der Waals surface area contributed by atoms with E-state index < -0.39 is 0 Å². The predicted octanol–water partition coefficient (Wildman–Crippen LogP) is 5.22. The molecule has 0 radical (unpaired) electrons. The lowest BCUT2D eigenvalue weighted by Crippen LogP contribution is -1.88. The molecule has 1 heteroatoms. The van der Waals surface area contributed by atoms with Gasteiger partial charge in [-0.1, -0.05) is 60.9 Å². The summed E-state index contributed by atoms with van der Waals surface area (Å²) < 4.78 is 0. The topological polar surface area (TPSA) is 0 Å². The van der Waals surface area contributed by atoms with E-state index >= 15 is 0 Å². The molecule has 0 fully saturated rings. The van der Waals surface area contributed by atoms with Crippen molar-refractivity contribution < 1.29 is 0 Å². The van der Waals surface area contributed by atoms with Gasteiger partial charge < -0.3 is 0 Å². The van der Waals surface area contributed by atoms with Gasteiger partial charge in [-0.25, -0.2) is 0 Å². The maximum atomic E-state index is 4.00. The lowest BCUT2D eigenvalue weighted by molar-refractivity contribution is 0.934. The van der Waals surface area contributed by atoms with Gasteiger partial charge in [0.2, 0.25) is 0 Å². The molecular formula is C16H20S. The van der Waals surface area contributed by atoms with Crippen molar-refractivity contribution in [1.82, 2.24) is 0 Å². The van der Waals surface area contributed by atoms with E-state index in [1.807, 2.05) is 0 Å². The molecule has 0 atom stereocenters. The summed E-state index contributed by atoms with van der Waals surface area (Å²) in [5.41, 5.74) is 2.65. The molecule has 0 aromatic rings. The van der Waals surface area contributed by atoms with Crippen LogP contribution in [0.15, 0.2) is 45.8 Å². The average molecular weight is 244 g/mol. The van der Waals surface area contributed by atoms with Gasteiger partial charge >= 0.3 is 0 Å². The van der Waals surface area contributed by atoms with Crippen molar-refractivity contribution in [1.29, 1.82) is 0 Å². The molecule has 90 valence electrons. The van der Waals surface area contributed by atoms with Crippen molar-refractivity contribution in [3.63, 3.8) is 0 Å². The number of allylic oxidation sites excluding steroid dienone is 7. The van der Waals surface area contributed by atoms with Crippen LogP contribution in [0.3, 0.4) is 0 Å². The molecule has 0 saturated heterocycles. The molecular weight excluding hydrogens is 224 g/mol. The van der Waals surface area contributed by atoms with Crippen LogP contribution in [-0.4, -0.2) is 0 Å². The van der Waals surface area contributed by atoms with Crippen molar-refractivity contribution in [2.24, 2.45) is 0 Å². The van der Waals surface area contributed by atoms with E-state index in [9.17, 15) is 0 Å². The van der Waals surface area contributed by atoms with Gasteiger partial charge in [-0.15, -0.1) is 0 Å². The van der Waals surface area contributed by atoms with Crippen LogP contribution in [0.1, 0.15) is 40.0 Å². The van der Waals surface area contributed by atoms with Gasteiger partial charge in [-0.3, -0.25) is 0 Å². The molecule has 0 aliphatic heterocycles. The SMILES string of the molecule is C=C(C#CC1=CC=C(C)CC1)S/C(=C\C)CC. The third-order valence-electron chi connectivity index (χ3n) is 2.64. The second-order valence-electron chi connectivity index (χ2n) is 4.09. The normalized spacial score (nSPS) is 15.6. The van der Waals surface area contributed by atoms with Crippen LogP contribution in [0.2, 0.25) is 0 Å². The van der Waals surface area contributed by atoms with Gasteiger partial charge in [0, 0.05) is 5.57 Å². The quantitative estimate of drug-likeness (QED) is 0.614. The van der Waals surface area contributed by atoms with Gasteiger partial charge in [0.1, 0.15) is 0 Å². The van der Waals surface area contributed by atoms with E-state index in [0.717, 1.165) is 24.2 Å². The maximum Gasteiger partial charge on any atom is 0.0549 e. The third-order valence-corrected chi connectivity index (χ3v) is 3.78. The first-order valence-corrected chi connectivity index (χ1v) is 6.87. The van der Waals surface area contributed by atoms with Crippen LogP contribution >= 0.6 is 11.8 Å². The molecule has 0 amide bonds. The lowest BCUT2D eigenvalue weighted by atomic mass is 10.00. The molecule has 0 N–H and O–H groups in total. The first kappa shape index (κ1) is 13.9. The Morgan fingerprint density at radius 2 is 2.24 bits per heavy atom. The Morgan fingerprint density at radius 3 is 2.76 bits per heavy atom. The molecule has 0 unspecified atom stereocenters. The second-order valence-corrected chi connectivity index (χ2v) is 5.31. The van der Waals surface area contributed by atoms with Crippen molar-refractivity contribution in [2.45, 2.75) is 40.0 Å². The Morgan fingerprint density at radius 1 is 1.47 bits per heavy atom. The van der Waals surface area contributed by atoms with Gasteiger partial charge in [0.05, 0.1) is 4.91 Å². The minimum absolute atomic E-state index is 0.937. The Hall–Kier alpha value is -1.13. The van der Waals surface area contributed by atoms with Gasteiger partial charge in [0.25, 0.3) is 0 Å². The average Bonchev–Trinajstić information content (AvgIpc) is 2.35. The summed E-state index contributed by atoms with van der Waals surface area (Å²) >= 11 is 1.68. The van der Waals surface area contributed by atoms with Gasteiger partial charge in [-0.05, 0) is 38.0 Å². The highest BCUT2D eigenvalue weighted by atomic mass is 32.2. The highest BCUT2D eigenvalue weighted by molar-refractivity contribution is 8.07. The standard InChI is InChI=1S/C16H20S/c1-5-16(6-2)17-14(4)9-12-15-10-7-13(3)8-11-15/h5,7,10H,4,6,8,11H2,1-3H3/b16-5-. The van der Waals surface area contributed by atoms with Crippen LogP contribution < -0.4 is 0 Å². The summed E-state index contributed by atoms with van der Waals surface area (Å²) in [5.74, 6) is 6.36. The molecule has 0 aromatic carbocycles. The largest absolute Gasteiger partial charge is 0.0863 e. The fraction of sp³-hybridized carbons (Fsp3) is 0.375. The lowest BCUT2D eigenvalue weighted by Gasteiger charge is -2.06. The van der Waals surface area contributed by atoms with Crippen LogP contribution in [0.5, 0.6) is 0 Å². The first-order valence-electron chi connectivity index (χ1n) is 6.06. The number of rotatable bonds is 3. The van der Waals surface area contributed by atoms with Crippen molar-refractivity contribution in [3.05, 3.63) is 45.8 Å². The van der Waals surface area contributed by atoms with E-state index in [-0.39, 0.29) is 0 Å². The zero-order chi connectivity index (χ0) is 12.7. The highest BCUT2D eigenvalue weighted by Gasteiger charge is 2.00. The molecule has 1 aliphatic carbocycles. The zero-order valence-electron chi connectivity index (χ0n) is 11.0. The van der Waals surface area contributed by atoms with Crippen molar-refractivity contribution in [3.8, 4) is 11.8 Å². The molecule has 0 saturated carbocycles.